The van der Waals surface area contributed by atoms with Crippen molar-refractivity contribution in [1.29, 1.82) is 0 Å². The van der Waals surface area contributed by atoms with E-state index in [0.717, 1.165) is 28.0 Å². The highest BCUT2D eigenvalue weighted by Crippen LogP contribution is 2.59. The fourth-order valence-corrected chi connectivity index (χ4v) is 4.71. The summed E-state index contributed by atoms with van der Waals surface area (Å²) in [7, 11) is 0. The van der Waals surface area contributed by atoms with Gasteiger partial charge in [-0.25, -0.2) is 9.78 Å². The molecule has 0 radical (unpaired) electrons. The molecular weight excluding hydrogens is 398 g/mol. The van der Waals surface area contributed by atoms with Crippen LogP contribution in [0.25, 0.3) is 5.57 Å². The third kappa shape index (κ3) is 2.81. The summed E-state index contributed by atoms with van der Waals surface area (Å²) in [5.41, 5.74) is 2.45. The molecule has 1 aromatic heterocycles. The van der Waals surface area contributed by atoms with Gasteiger partial charge in [-0.2, -0.15) is 0 Å². The number of carbonyl (C=O) groups is 1. The minimum Gasteiger partial charge on any atom is -0.488 e. The summed E-state index contributed by atoms with van der Waals surface area (Å²) in [5, 5.41) is 22.7. The van der Waals surface area contributed by atoms with E-state index in [1.165, 1.54) is 5.38 Å². The lowest BCUT2D eigenvalue weighted by Gasteiger charge is -2.45. The Bertz CT molecular complexity index is 1220. The SMILES string of the molecule is O=C(O)c1csc(C2(O)c3ccc(-c4ccccc4)c2c3OCc2ccccc2)n1. The van der Waals surface area contributed by atoms with E-state index in [1.54, 1.807) is 0 Å². The molecule has 3 aromatic rings. The number of carboxylic acids is 1. The van der Waals surface area contributed by atoms with Crippen LogP contribution in [0.3, 0.4) is 0 Å². The number of allylic oxidation sites excluding steroid dienone is 2. The van der Waals surface area contributed by atoms with Gasteiger partial charge in [-0.05, 0) is 16.7 Å². The highest BCUT2D eigenvalue weighted by atomic mass is 32.1. The molecule has 1 heterocycles. The number of carboxylic acid groups (broad SMARTS) is 1. The minimum atomic E-state index is -1.48. The molecule has 2 bridgehead atoms. The third-order valence-electron chi connectivity index (χ3n) is 5.25. The second kappa shape index (κ2) is 7.09. The average molecular weight is 415 g/mol. The smallest absolute Gasteiger partial charge is 0.355 e. The van der Waals surface area contributed by atoms with E-state index < -0.39 is 11.6 Å². The largest absolute Gasteiger partial charge is 0.488 e. The van der Waals surface area contributed by atoms with Gasteiger partial charge in [0.25, 0.3) is 0 Å². The molecule has 6 heteroatoms. The van der Waals surface area contributed by atoms with Gasteiger partial charge in [0, 0.05) is 16.5 Å². The van der Waals surface area contributed by atoms with Gasteiger partial charge in [0.2, 0.25) is 0 Å². The van der Waals surface area contributed by atoms with Crippen LogP contribution in [0, 0.1) is 0 Å². The van der Waals surface area contributed by atoms with Crippen LogP contribution in [0.1, 0.15) is 26.6 Å². The number of hydrogen-bond acceptors (Lipinski definition) is 5. The first-order valence-electron chi connectivity index (χ1n) is 9.41. The second-order valence-electron chi connectivity index (χ2n) is 7.06. The molecular formula is C24H17NO4S. The van der Waals surface area contributed by atoms with Gasteiger partial charge in [-0.15, -0.1) is 11.3 Å². The van der Waals surface area contributed by atoms with E-state index in [1.807, 2.05) is 72.8 Å². The van der Waals surface area contributed by atoms with E-state index in [-0.39, 0.29) is 5.69 Å². The fraction of sp³-hybridized carbons (Fsp3) is 0.0833. The van der Waals surface area contributed by atoms with E-state index >= 15 is 0 Å². The van der Waals surface area contributed by atoms with Gasteiger partial charge in [0.1, 0.15) is 17.4 Å². The number of benzene rings is 2. The number of fused-ring (bicyclic) bond motifs is 2. The van der Waals surface area contributed by atoms with Crippen LogP contribution in [-0.4, -0.2) is 21.2 Å². The summed E-state index contributed by atoms with van der Waals surface area (Å²) in [6.07, 6.45) is 3.78. The summed E-state index contributed by atoms with van der Waals surface area (Å²) < 4.78 is 6.13. The number of aromatic nitrogens is 1. The maximum atomic E-state index is 11.7. The van der Waals surface area contributed by atoms with Crippen molar-refractivity contribution in [2.75, 3.05) is 0 Å². The number of thiazole rings is 1. The van der Waals surface area contributed by atoms with Crippen molar-refractivity contribution in [2.24, 2.45) is 0 Å². The van der Waals surface area contributed by atoms with E-state index in [9.17, 15) is 15.0 Å². The monoisotopic (exact) mass is 415 g/mol. The number of nitrogens with zero attached hydrogens (tertiary/aromatic N) is 1. The van der Waals surface area contributed by atoms with Gasteiger partial charge in [-0.3, -0.25) is 0 Å². The first-order valence-corrected chi connectivity index (χ1v) is 10.3. The second-order valence-corrected chi connectivity index (χ2v) is 7.92. The number of rotatable bonds is 6. The van der Waals surface area contributed by atoms with E-state index in [0.29, 0.717) is 28.5 Å². The fourth-order valence-electron chi connectivity index (χ4n) is 3.80. The third-order valence-corrected chi connectivity index (χ3v) is 6.20. The Kier molecular flexibility index (Phi) is 4.38. The first kappa shape index (κ1) is 18.5. The lowest BCUT2D eigenvalue weighted by molar-refractivity contribution is 0.0636. The Morgan fingerprint density at radius 3 is 2.40 bits per heavy atom. The number of ether oxygens (including phenoxy) is 1. The zero-order valence-electron chi connectivity index (χ0n) is 15.8. The Hall–Kier alpha value is -3.48. The minimum absolute atomic E-state index is 0.0772. The maximum absolute atomic E-state index is 11.7. The molecule has 2 aromatic carbocycles. The highest BCUT2D eigenvalue weighted by Gasteiger charge is 2.56. The van der Waals surface area contributed by atoms with Crippen molar-refractivity contribution in [3.8, 4) is 0 Å². The molecule has 1 atom stereocenters. The number of hydrogen-bond donors (Lipinski definition) is 2. The van der Waals surface area contributed by atoms with Crippen LogP contribution in [0.4, 0.5) is 0 Å². The topological polar surface area (TPSA) is 79.7 Å². The molecule has 5 rings (SSSR count). The van der Waals surface area contributed by atoms with E-state index in [4.69, 9.17) is 4.74 Å². The Labute approximate surface area is 176 Å². The standard InChI is InChI=1S/C24H17NO4S/c26-22(27)19-14-30-23(25-19)24(28)18-12-11-17(16-9-5-2-6-10-16)20(24)21(18)29-13-15-7-3-1-4-8-15/h1-12,14,28H,13H2,(H,26,27). The maximum Gasteiger partial charge on any atom is 0.355 e. The molecule has 1 unspecified atom stereocenters. The zero-order valence-corrected chi connectivity index (χ0v) is 16.6. The zero-order chi connectivity index (χ0) is 20.7. The Morgan fingerprint density at radius 1 is 1.03 bits per heavy atom. The summed E-state index contributed by atoms with van der Waals surface area (Å²) in [6, 6.07) is 19.5. The predicted molar refractivity (Wildman–Crippen MR) is 114 cm³/mol. The number of aliphatic hydroxyl groups is 1. The normalized spacial score (nSPS) is 19.6. The molecule has 0 saturated heterocycles. The lowest BCUT2D eigenvalue weighted by Crippen LogP contribution is -2.43. The summed E-state index contributed by atoms with van der Waals surface area (Å²) in [4.78, 5) is 15.5. The van der Waals surface area contributed by atoms with Crippen LogP contribution in [0.5, 0.6) is 0 Å². The molecule has 30 heavy (non-hydrogen) atoms. The van der Waals surface area contributed by atoms with Crippen molar-refractivity contribution < 1.29 is 19.7 Å². The average Bonchev–Trinajstić information content (AvgIpc) is 3.29. The predicted octanol–water partition coefficient (Wildman–Crippen LogP) is 4.54. The van der Waals surface area contributed by atoms with Crippen LogP contribution in [0.2, 0.25) is 0 Å². The van der Waals surface area contributed by atoms with Crippen molar-refractivity contribution in [3.63, 3.8) is 0 Å². The van der Waals surface area contributed by atoms with Crippen molar-refractivity contribution in [1.82, 2.24) is 4.98 Å². The number of aromatic carboxylic acids is 1. The van der Waals surface area contributed by atoms with Gasteiger partial charge >= 0.3 is 5.97 Å². The van der Waals surface area contributed by atoms with Crippen LogP contribution < -0.4 is 0 Å². The van der Waals surface area contributed by atoms with Gasteiger partial charge < -0.3 is 14.9 Å². The molecule has 0 fully saturated rings. The lowest BCUT2D eigenvalue weighted by atomic mass is 9.65. The van der Waals surface area contributed by atoms with Crippen molar-refractivity contribution in [2.45, 2.75) is 12.2 Å². The molecule has 148 valence electrons. The molecule has 0 amide bonds. The summed E-state index contributed by atoms with van der Waals surface area (Å²) >= 11 is 1.13. The quantitative estimate of drug-likeness (QED) is 0.618. The van der Waals surface area contributed by atoms with Crippen molar-refractivity contribution >= 4 is 22.9 Å². The summed E-state index contributed by atoms with van der Waals surface area (Å²) in [6.45, 7) is 0.368. The Balaban J connectivity index is 1.57. The van der Waals surface area contributed by atoms with Crippen LogP contribution >= 0.6 is 11.3 Å². The van der Waals surface area contributed by atoms with Crippen LogP contribution in [0.15, 0.2) is 95.1 Å². The molecule has 0 aliphatic heterocycles. The van der Waals surface area contributed by atoms with E-state index in [2.05, 4.69) is 4.98 Å². The molecule has 5 nitrogen and oxygen atoms in total. The van der Waals surface area contributed by atoms with Gasteiger partial charge in [0.15, 0.2) is 11.3 Å². The van der Waals surface area contributed by atoms with Crippen molar-refractivity contribution in [3.05, 3.63) is 117 Å². The first-order chi connectivity index (χ1) is 14.6. The molecule has 2 aliphatic carbocycles. The molecule has 2 N–H and O–H groups in total. The van der Waals surface area contributed by atoms with Gasteiger partial charge in [0.05, 0.1) is 0 Å². The Morgan fingerprint density at radius 2 is 1.73 bits per heavy atom. The summed E-state index contributed by atoms with van der Waals surface area (Å²) in [5.74, 6) is -0.498. The van der Waals surface area contributed by atoms with Gasteiger partial charge in [-0.1, -0.05) is 72.8 Å². The molecule has 0 spiro atoms. The molecule has 2 aliphatic rings. The molecule has 0 saturated carbocycles. The highest BCUT2D eigenvalue weighted by molar-refractivity contribution is 7.10. The van der Waals surface area contributed by atoms with Crippen LogP contribution in [-0.2, 0) is 16.9 Å².